The van der Waals surface area contributed by atoms with Crippen LogP contribution in [0.1, 0.15) is 12.5 Å². The Balaban J connectivity index is 1.63. The summed E-state index contributed by atoms with van der Waals surface area (Å²) in [6.07, 6.45) is 1.30. The molecule has 0 bridgehead atoms. The number of β-amino-alcohol motifs (C(OH)–C–C–N with tert-alkyl or cyclic N) is 1. The predicted molar refractivity (Wildman–Crippen MR) is 102 cm³/mol. The van der Waals surface area contributed by atoms with Crippen LogP contribution in [-0.4, -0.2) is 75.0 Å². The van der Waals surface area contributed by atoms with Crippen LogP contribution in [0.3, 0.4) is 0 Å². The number of carbonyl (C=O) groups excluding carboxylic acids is 2. The monoisotopic (exact) mass is 433 g/mol. The van der Waals surface area contributed by atoms with Gasteiger partial charge in [0.05, 0.1) is 13.2 Å². The van der Waals surface area contributed by atoms with Gasteiger partial charge in [-0.3, -0.25) is 9.69 Å². The predicted octanol–water partition coefficient (Wildman–Crippen LogP) is 1.38. The van der Waals surface area contributed by atoms with Crippen LogP contribution in [0.4, 0.5) is 4.79 Å². The Kier molecular flexibility index (Phi) is 4.43. The Bertz CT molecular complexity index is 853. The van der Waals surface area contributed by atoms with Crippen molar-refractivity contribution in [2.24, 2.45) is 4.99 Å². The fourth-order valence-electron chi connectivity index (χ4n) is 3.70. The van der Waals surface area contributed by atoms with Crippen molar-refractivity contribution in [2.75, 3.05) is 20.2 Å². The van der Waals surface area contributed by atoms with Crippen molar-refractivity contribution in [1.29, 1.82) is 0 Å². The minimum atomic E-state index is -0.586. The first-order chi connectivity index (χ1) is 12.9. The first-order valence-corrected chi connectivity index (χ1v) is 9.47. The summed E-state index contributed by atoms with van der Waals surface area (Å²) in [6, 6.07) is 6.60. The largest absolute Gasteiger partial charge is 0.395 e. The molecule has 1 fully saturated rings. The van der Waals surface area contributed by atoms with Gasteiger partial charge in [-0.05, 0) is 24.6 Å². The van der Waals surface area contributed by atoms with E-state index < -0.39 is 12.2 Å². The van der Waals surface area contributed by atoms with Crippen LogP contribution in [-0.2, 0) is 11.3 Å². The number of benzene rings is 1. The second-order valence-electron chi connectivity index (χ2n) is 6.78. The van der Waals surface area contributed by atoms with Crippen molar-refractivity contribution in [1.82, 2.24) is 19.6 Å². The van der Waals surface area contributed by atoms with Gasteiger partial charge in [-0.1, -0.05) is 28.1 Å². The lowest BCUT2D eigenvalue weighted by atomic mass is 10.1. The zero-order valence-electron chi connectivity index (χ0n) is 15.0. The lowest BCUT2D eigenvalue weighted by Gasteiger charge is -2.40. The van der Waals surface area contributed by atoms with Gasteiger partial charge in [0.25, 0.3) is 5.91 Å². The SMILES string of the molecule is CC1=CN2C(=NC3C2C(=O)N(Cc2ccc(Br)cc2)C(=O)N3C)N1CCO. The van der Waals surface area contributed by atoms with Crippen LogP contribution in [0.15, 0.2) is 45.6 Å². The second kappa shape index (κ2) is 6.65. The van der Waals surface area contributed by atoms with Crippen molar-refractivity contribution in [3.8, 4) is 0 Å². The summed E-state index contributed by atoms with van der Waals surface area (Å²) in [5.74, 6) is 0.342. The minimum absolute atomic E-state index is 0.0220. The third kappa shape index (κ3) is 2.81. The summed E-state index contributed by atoms with van der Waals surface area (Å²) in [7, 11) is 1.67. The molecule has 1 saturated heterocycles. The summed E-state index contributed by atoms with van der Waals surface area (Å²) < 4.78 is 0.940. The number of imide groups is 1. The molecule has 3 aliphatic heterocycles. The fraction of sp³-hybridized carbons (Fsp3) is 0.389. The van der Waals surface area contributed by atoms with Gasteiger partial charge in [0.1, 0.15) is 0 Å². The molecule has 3 amide bonds. The number of halogens is 1. The number of rotatable bonds is 4. The average molecular weight is 434 g/mol. The van der Waals surface area contributed by atoms with Gasteiger partial charge < -0.3 is 19.8 Å². The standard InChI is InChI=1S/C18H20BrN5O3/c1-11-9-23-14-15(20-17(23)22(11)7-8-25)21(2)18(27)24(16(14)26)10-12-3-5-13(19)6-4-12/h3-6,9,14-15,25H,7-8,10H2,1-2H3. The Labute approximate surface area is 165 Å². The molecule has 27 heavy (non-hydrogen) atoms. The molecule has 0 spiro atoms. The summed E-state index contributed by atoms with van der Waals surface area (Å²) in [5.41, 5.74) is 1.79. The van der Waals surface area contributed by atoms with Crippen molar-refractivity contribution >= 4 is 33.8 Å². The molecule has 0 saturated carbocycles. The molecule has 2 atom stereocenters. The lowest BCUT2D eigenvalue weighted by Crippen LogP contribution is -2.63. The molecule has 3 heterocycles. The van der Waals surface area contributed by atoms with E-state index in [4.69, 9.17) is 0 Å². The maximum Gasteiger partial charge on any atom is 0.328 e. The molecule has 1 aromatic rings. The Hall–Kier alpha value is -2.39. The maximum atomic E-state index is 13.2. The highest BCUT2D eigenvalue weighted by Gasteiger charge is 2.54. The minimum Gasteiger partial charge on any atom is -0.395 e. The molecule has 0 aromatic heterocycles. The molecule has 0 radical (unpaired) electrons. The van der Waals surface area contributed by atoms with E-state index >= 15 is 0 Å². The molecule has 3 aliphatic rings. The highest BCUT2D eigenvalue weighted by Crippen LogP contribution is 2.34. The molecular formula is C18H20BrN5O3. The molecule has 1 aromatic carbocycles. The van der Waals surface area contributed by atoms with Crippen molar-refractivity contribution < 1.29 is 14.7 Å². The number of hydrogen-bond donors (Lipinski definition) is 1. The zero-order chi connectivity index (χ0) is 19.3. The number of aliphatic hydroxyl groups is 1. The van der Waals surface area contributed by atoms with E-state index in [9.17, 15) is 14.7 Å². The molecule has 9 heteroatoms. The number of nitrogens with zero attached hydrogens (tertiary/aromatic N) is 5. The smallest absolute Gasteiger partial charge is 0.328 e. The van der Waals surface area contributed by atoms with Crippen molar-refractivity contribution in [3.63, 3.8) is 0 Å². The number of guanidine groups is 1. The van der Waals surface area contributed by atoms with E-state index in [-0.39, 0.29) is 25.1 Å². The Morgan fingerprint density at radius 2 is 1.89 bits per heavy atom. The van der Waals surface area contributed by atoms with Gasteiger partial charge in [0, 0.05) is 30.0 Å². The van der Waals surface area contributed by atoms with Crippen LogP contribution >= 0.6 is 15.9 Å². The molecular weight excluding hydrogens is 414 g/mol. The fourth-order valence-corrected chi connectivity index (χ4v) is 3.96. The number of likely N-dealkylation sites (N-methyl/N-ethyl adjacent to an activating group) is 1. The van der Waals surface area contributed by atoms with Gasteiger partial charge in [-0.15, -0.1) is 0 Å². The summed E-state index contributed by atoms with van der Waals surface area (Å²) in [5, 5.41) is 9.31. The summed E-state index contributed by atoms with van der Waals surface area (Å²) in [6.45, 7) is 2.50. The second-order valence-corrected chi connectivity index (χ2v) is 7.70. The third-order valence-corrected chi connectivity index (χ3v) is 5.61. The Morgan fingerprint density at radius 3 is 2.56 bits per heavy atom. The van der Waals surface area contributed by atoms with E-state index in [0.717, 1.165) is 15.7 Å². The number of fused-ring (bicyclic) bond motifs is 3. The van der Waals surface area contributed by atoms with E-state index in [1.54, 1.807) is 7.05 Å². The van der Waals surface area contributed by atoms with Gasteiger partial charge in [0.2, 0.25) is 5.96 Å². The molecule has 0 aliphatic carbocycles. The number of aliphatic hydroxyl groups excluding tert-OH is 1. The van der Waals surface area contributed by atoms with Gasteiger partial charge in [0.15, 0.2) is 12.2 Å². The van der Waals surface area contributed by atoms with E-state index in [1.165, 1.54) is 9.80 Å². The molecule has 1 N–H and O–H groups in total. The number of aliphatic imine (C=N–C) groups is 1. The average Bonchev–Trinajstić information content (AvgIpc) is 3.15. The first-order valence-electron chi connectivity index (χ1n) is 8.68. The molecule has 4 rings (SSSR count). The van der Waals surface area contributed by atoms with Crippen LogP contribution in [0.25, 0.3) is 0 Å². The molecule has 8 nitrogen and oxygen atoms in total. The van der Waals surface area contributed by atoms with Gasteiger partial charge in [-0.25, -0.2) is 9.79 Å². The number of urea groups is 1. The lowest BCUT2D eigenvalue weighted by molar-refractivity contribution is -0.137. The number of hydrogen-bond acceptors (Lipinski definition) is 6. The van der Waals surface area contributed by atoms with Crippen molar-refractivity contribution in [3.05, 3.63) is 46.2 Å². The van der Waals surface area contributed by atoms with Gasteiger partial charge in [-0.2, -0.15) is 0 Å². The van der Waals surface area contributed by atoms with Crippen LogP contribution in [0.2, 0.25) is 0 Å². The zero-order valence-corrected chi connectivity index (χ0v) is 16.6. The van der Waals surface area contributed by atoms with Crippen molar-refractivity contribution in [2.45, 2.75) is 25.7 Å². The third-order valence-electron chi connectivity index (χ3n) is 5.08. The topological polar surface area (TPSA) is 79.7 Å². The molecule has 2 unspecified atom stereocenters. The molecule has 142 valence electrons. The number of carbonyl (C=O) groups is 2. The maximum absolute atomic E-state index is 13.2. The van der Waals surface area contributed by atoms with Crippen LogP contribution in [0.5, 0.6) is 0 Å². The number of allylic oxidation sites excluding steroid dienone is 1. The first kappa shape index (κ1) is 18.0. The normalized spacial score (nSPS) is 24.3. The van der Waals surface area contributed by atoms with Crippen LogP contribution < -0.4 is 0 Å². The van der Waals surface area contributed by atoms with E-state index in [2.05, 4.69) is 20.9 Å². The van der Waals surface area contributed by atoms with Gasteiger partial charge >= 0.3 is 6.03 Å². The van der Waals surface area contributed by atoms with Crippen LogP contribution in [0, 0.1) is 0 Å². The highest BCUT2D eigenvalue weighted by atomic mass is 79.9. The number of amides is 3. The highest BCUT2D eigenvalue weighted by molar-refractivity contribution is 9.10. The Morgan fingerprint density at radius 1 is 1.19 bits per heavy atom. The van der Waals surface area contributed by atoms with E-state index in [1.807, 2.05) is 47.2 Å². The summed E-state index contributed by atoms with van der Waals surface area (Å²) in [4.78, 5) is 37.1. The summed E-state index contributed by atoms with van der Waals surface area (Å²) >= 11 is 3.39. The van der Waals surface area contributed by atoms with E-state index in [0.29, 0.717) is 12.5 Å². The quantitative estimate of drug-likeness (QED) is 0.775.